The molecule has 46 heavy (non-hydrogen) atoms. The van der Waals surface area contributed by atoms with Crippen molar-refractivity contribution in [3.05, 3.63) is 30.0 Å². The number of carbonyl (C=O) groups excluding carboxylic acids is 1. The van der Waals surface area contributed by atoms with Gasteiger partial charge in [0.15, 0.2) is 5.82 Å². The second-order valence-corrected chi connectivity index (χ2v) is 12.7. The van der Waals surface area contributed by atoms with E-state index in [0.717, 1.165) is 69.6 Å². The number of aromatic nitrogens is 4. The Hall–Kier alpha value is -3.44. The number of imidazole rings is 1. The number of hydrogen-bond donors (Lipinski definition) is 5. The molecule has 0 radical (unpaired) electrons. The fourth-order valence-electron chi connectivity index (χ4n) is 5.72. The number of aromatic amines is 2. The van der Waals surface area contributed by atoms with Crippen LogP contribution in [0.5, 0.6) is 0 Å². The van der Waals surface area contributed by atoms with E-state index in [4.69, 9.17) is 9.84 Å². The molecule has 1 aliphatic heterocycles. The summed E-state index contributed by atoms with van der Waals surface area (Å²) in [6.07, 6.45) is 21.0. The van der Waals surface area contributed by atoms with Gasteiger partial charge in [0, 0.05) is 32.1 Å². The van der Waals surface area contributed by atoms with Crippen LogP contribution in [0.15, 0.2) is 24.4 Å². The number of aliphatic carboxylic acids is 1. The van der Waals surface area contributed by atoms with Crippen LogP contribution in [0.25, 0.3) is 22.6 Å². The maximum absolute atomic E-state index is 12.0. The van der Waals surface area contributed by atoms with E-state index in [9.17, 15) is 9.59 Å². The number of benzene rings is 1. The third kappa shape index (κ3) is 13.1. The quantitative estimate of drug-likeness (QED) is 0.0849. The van der Waals surface area contributed by atoms with E-state index >= 15 is 0 Å². The van der Waals surface area contributed by atoms with Crippen LogP contribution in [-0.4, -0.2) is 74.5 Å². The molecule has 3 aromatic rings. The minimum atomic E-state index is -0.655. The Morgan fingerprint density at radius 2 is 1.61 bits per heavy atom. The monoisotopic (exact) mass is 637 g/mol. The summed E-state index contributed by atoms with van der Waals surface area (Å²) < 4.78 is 5.41. The normalized spacial score (nSPS) is 15.0. The van der Waals surface area contributed by atoms with Crippen LogP contribution in [0.3, 0.4) is 0 Å². The van der Waals surface area contributed by atoms with E-state index in [2.05, 4.69) is 54.8 Å². The molecule has 2 aliphatic rings. The van der Waals surface area contributed by atoms with E-state index in [1.165, 1.54) is 76.2 Å². The maximum atomic E-state index is 12.0. The third-order valence-electron chi connectivity index (χ3n) is 8.59. The Labute approximate surface area is 273 Å². The van der Waals surface area contributed by atoms with Gasteiger partial charge in [0.05, 0.1) is 36.1 Å². The molecule has 11 nitrogen and oxygen atoms in total. The molecule has 1 aliphatic carbocycles. The van der Waals surface area contributed by atoms with Gasteiger partial charge in [-0.3, -0.25) is 14.8 Å². The Balaban J connectivity index is 0.000000234. The first kappa shape index (κ1) is 35.4. The molecule has 5 rings (SSSR count). The molecular formula is C35H55N7O4. The molecule has 0 atom stereocenters. The smallest absolute Gasteiger partial charge is 0.319 e. The van der Waals surface area contributed by atoms with Gasteiger partial charge < -0.3 is 25.5 Å². The first-order valence-corrected chi connectivity index (χ1v) is 17.6. The van der Waals surface area contributed by atoms with E-state index < -0.39 is 5.97 Å². The number of amides is 2. The average molecular weight is 638 g/mol. The van der Waals surface area contributed by atoms with Gasteiger partial charge in [0.2, 0.25) is 0 Å². The zero-order valence-corrected chi connectivity index (χ0v) is 27.7. The minimum Gasteiger partial charge on any atom is -0.481 e. The number of H-pyrrole nitrogens is 2. The lowest BCUT2D eigenvalue weighted by atomic mass is 10.0. The van der Waals surface area contributed by atoms with Crippen molar-refractivity contribution in [1.82, 2.24) is 30.4 Å². The van der Waals surface area contributed by atoms with Gasteiger partial charge in [-0.2, -0.15) is 5.10 Å². The van der Waals surface area contributed by atoms with Crippen molar-refractivity contribution in [2.24, 2.45) is 0 Å². The summed E-state index contributed by atoms with van der Waals surface area (Å²) in [5.41, 5.74) is 4.34. The maximum Gasteiger partial charge on any atom is 0.319 e. The first-order valence-electron chi connectivity index (χ1n) is 17.6. The number of rotatable bonds is 19. The SMILES string of the molecule is CCCCCCCCCCCCCCCC(=O)O.O=C(Nc1cn[nH]c1-c1nc2ccc(CN3CCOCC3)cc2[nH]1)NC1CC1. The fraction of sp³-hybridized carbons (Fsp3) is 0.657. The number of carboxylic acid groups (broad SMARTS) is 1. The molecule has 0 spiro atoms. The number of fused-ring (bicyclic) bond motifs is 1. The number of nitrogens with zero attached hydrogens (tertiary/aromatic N) is 3. The van der Waals surface area contributed by atoms with Crippen molar-refractivity contribution < 1.29 is 19.4 Å². The van der Waals surface area contributed by atoms with E-state index in [1.54, 1.807) is 6.20 Å². The number of nitrogens with one attached hydrogen (secondary N) is 4. The Kier molecular flexibility index (Phi) is 15.3. The first-order chi connectivity index (χ1) is 22.5. The lowest BCUT2D eigenvalue weighted by Crippen LogP contribution is -2.35. The lowest BCUT2D eigenvalue weighted by molar-refractivity contribution is -0.137. The summed E-state index contributed by atoms with van der Waals surface area (Å²) in [5.74, 6) is -0.00387. The standard InChI is InChI=1S/C19H23N7O2.C16H32O2/c27-19(21-13-2-3-13)24-16-10-20-25-17(16)18-22-14-4-1-12(9-15(14)23-18)11-26-5-7-28-8-6-26;1-2-3-4-5-6-7-8-9-10-11-12-13-14-15-16(17)18/h1,4,9-10,13H,2-3,5-8,11H2,(H,20,25)(H,22,23)(H2,21,24,27);2-15H2,1H3,(H,17,18). The van der Waals surface area contributed by atoms with Gasteiger partial charge in [-0.25, -0.2) is 9.78 Å². The second kappa shape index (κ2) is 19.9. The predicted molar refractivity (Wildman–Crippen MR) is 183 cm³/mol. The molecule has 2 aromatic heterocycles. The van der Waals surface area contributed by atoms with Gasteiger partial charge in [-0.1, -0.05) is 90.0 Å². The Morgan fingerprint density at radius 1 is 0.957 bits per heavy atom. The molecule has 1 saturated heterocycles. The van der Waals surface area contributed by atoms with Crippen molar-refractivity contribution in [3.63, 3.8) is 0 Å². The molecule has 1 aromatic carbocycles. The van der Waals surface area contributed by atoms with Crippen LogP contribution in [0.2, 0.25) is 0 Å². The van der Waals surface area contributed by atoms with Crippen molar-refractivity contribution in [2.45, 2.75) is 122 Å². The molecule has 1 saturated carbocycles. The minimum absolute atomic E-state index is 0.214. The summed E-state index contributed by atoms with van der Waals surface area (Å²) in [6.45, 7) is 6.65. The summed E-state index contributed by atoms with van der Waals surface area (Å²) in [6, 6.07) is 6.34. The van der Waals surface area contributed by atoms with Gasteiger partial charge in [-0.15, -0.1) is 0 Å². The second-order valence-electron chi connectivity index (χ2n) is 12.7. The van der Waals surface area contributed by atoms with Crippen LogP contribution < -0.4 is 10.6 Å². The average Bonchev–Trinajstić information content (AvgIpc) is 3.57. The number of carbonyl (C=O) groups is 2. The van der Waals surface area contributed by atoms with Gasteiger partial charge in [0.25, 0.3) is 0 Å². The molecule has 2 amide bonds. The topological polar surface area (TPSA) is 148 Å². The molecule has 254 valence electrons. The molecule has 11 heteroatoms. The Morgan fingerprint density at radius 3 is 2.24 bits per heavy atom. The van der Waals surface area contributed by atoms with E-state index in [0.29, 0.717) is 29.7 Å². The van der Waals surface area contributed by atoms with Crippen molar-refractivity contribution in [2.75, 3.05) is 31.6 Å². The summed E-state index contributed by atoms with van der Waals surface area (Å²) in [4.78, 5) is 32.7. The Bertz CT molecular complexity index is 1310. The number of ether oxygens (including phenoxy) is 1. The molecule has 0 bridgehead atoms. The van der Waals surface area contributed by atoms with Gasteiger partial charge >= 0.3 is 12.0 Å². The molecule has 5 N–H and O–H groups in total. The van der Waals surface area contributed by atoms with E-state index in [1.807, 2.05) is 6.07 Å². The highest BCUT2D eigenvalue weighted by molar-refractivity contribution is 5.93. The number of anilines is 1. The zero-order chi connectivity index (χ0) is 32.4. The number of hydrogen-bond acceptors (Lipinski definition) is 6. The molecule has 0 unspecified atom stereocenters. The van der Waals surface area contributed by atoms with Crippen LogP contribution in [-0.2, 0) is 16.1 Å². The number of urea groups is 1. The third-order valence-corrected chi connectivity index (χ3v) is 8.59. The molecule has 3 heterocycles. The number of carboxylic acids is 1. The largest absolute Gasteiger partial charge is 0.481 e. The van der Waals surface area contributed by atoms with Gasteiger partial charge in [0.1, 0.15) is 5.69 Å². The van der Waals surface area contributed by atoms with Crippen molar-refractivity contribution in [1.29, 1.82) is 0 Å². The summed E-state index contributed by atoms with van der Waals surface area (Å²) in [7, 11) is 0. The summed E-state index contributed by atoms with van der Waals surface area (Å²) in [5, 5.41) is 21.2. The van der Waals surface area contributed by atoms with E-state index in [-0.39, 0.29) is 6.03 Å². The van der Waals surface area contributed by atoms with Crippen molar-refractivity contribution >= 4 is 28.7 Å². The van der Waals surface area contributed by atoms with Crippen LogP contribution in [0.4, 0.5) is 10.5 Å². The van der Waals surface area contributed by atoms with Crippen LogP contribution in [0.1, 0.15) is 115 Å². The highest BCUT2D eigenvalue weighted by Gasteiger charge is 2.24. The predicted octanol–water partition coefficient (Wildman–Crippen LogP) is 7.62. The van der Waals surface area contributed by atoms with Crippen molar-refractivity contribution in [3.8, 4) is 11.5 Å². The molecular weight excluding hydrogens is 582 g/mol. The number of morpholine rings is 1. The summed E-state index contributed by atoms with van der Waals surface area (Å²) >= 11 is 0. The highest BCUT2D eigenvalue weighted by atomic mass is 16.5. The van der Waals surface area contributed by atoms with Gasteiger partial charge in [-0.05, 0) is 37.0 Å². The van der Waals surface area contributed by atoms with Crippen LogP contribution in [0, 0.1) is 0 Å². The lowest BCUT2D eigenvalue weighted by Gasteiger charge is -2.26. The fourth-order valence-corrected chi connectivity index (χ4v) is 5.72. The number of unbranched alkanes of at least 4 members (excludes halogenated alkanes) is 12. The zero-order valence-electron chi connectivity index (χ0n) is 27.7. The molecule has 2 fully saturated rings. The highest BCUT2D eigenvalue weighted by Crippen LogP contribution is 2.26. The van der Waals surface area contributed by atoms with Crippen LogP contribution >= 0.6 is 0 Å².